The SMILES string of the molecule is OC[C@H]1O[C@@H](O[C@@H]2[C@H](O)[C@@H](O)[C@H](O[C@@H]3[C@@H](O)[C@H](O)O[C@H](CO)[C@H]3O)O[C@@H]2CO)[C@H](O)[C@@H](O)[C@@H]1O. The number of aliphatic hydroxyl groups excluding tert-OH is 11. The van der Waals surface area contributed by atoms with Crippen molar-refractivity contribution in [2.45, 2.75) is 92.1 Å². The molecular weight excluding hydrogens is 472 g/mol. The van der Waals surface area contributed by atoms with Crippen LogP contribution in [0.4, 0.5) is 0 Å². The number of hydrogen-bond donors (Lipinski definition) is 11. The standard InChI is InChI=1S/C18H32O16/c19-1-4-7(22)9(24)11(26)17(31-4)33-14-6(3-21)32-18(12(27)10(14)25)34-15-8(23)5(2-20)30-16(29)13(15)28/h4-29H,1-3H2/t4-,5-,6-,7-,8-,9+,10-,11-,12-,13-,14+,15+,16-,17+,18+/m1/s1. The first-order valence-corrected chi connectivity index (χ1v) is 10.6. The third-order valence-electron chi connectivity index (χ3n) is 6.09. The molecule has 0 aromatic carbocycles. The Bertz CT molecular complexity index is 637. The van der Waals surface area contributed by atoms with Crippen molar-refractivity contribution in [3.63, 3.8) is 0 Å². The highest BCUT2D eigenvalue weighted by molar-refractivity contribution is 4.96. The van der Waals surface area contributed by atoms with Crippen LogP contribution in [-0.2, 0) is 23.7 Å². The molecular formula is C18H32O16. The van der Waals surface area contributed by atoms with Gasteiger partial charge in [-0.3, -0.25) is 0 Å². The molecule has 0 aliphatic carbocycles. The maximum Gasteiger partial charge on any atom is 0.187 e. The Balaban J connectivity index is 1.72. The highest BCUT2D eigenvalue weighted by atomic mass is 16.7. The van der Waals surface area contributed by atoms with Gasteiger partial charge in [0.1, 0.15) is 73.2 Å². The molecule has 11 N–H and O–H groups in total. The average molecular weight is 504 g/mol. The molecule has 0 aromatic heterocycles. The Kier molecular flexibility index (Phi) is 9.54. The Morgan fingerprint density at radius 2 is 0.912 bits per heavy atom. The van der Waals surface area contributed by atoms with Crippen molar-refractivity contribution in [2.75, 3.05) is 19.8 Å². The molecule has 3 aliphatic heterocycles. The van der Waals surface area contributed by atoms with Crippen molar-refractivity contribution < 1.29 is 79.9 Å². The minimum atomic E-state index is -1.93. The van der Waals surface area contributed by atoms with E-state index < -0.39 is 112 Å². The summed E-state index contributed by atoms with van der Waals surface area (Å²) in [5.74, 6) is 0. The molecule has 3 aliphatic rings. The van der Waals surface area contributed by atoms with Crippen LogP contribution in [-0.4, -0.2) is 168 Å². The minimum Gasteiger partial charge on any atom is -0.394 e. The first-order valence-electron chi connectivity index (χ1n) is 10.6. The van der Waals surface area contributed by atoms with Crippen molar-refractivity contribution in [2.24, 2.45) is 0 Å². The number of hydrogen-bond acceptors (Lipinski definition) is 16. The van der Waals surface area contributed by atoms with Crippen LogP contribution in [0.15, 0.2) is 0 Å². The fourth-order valence-corrected chi connectivity index (χ4v) is 4.05. The van der Waals surface area contributed by atoms with Crippen LogP contribution in [0, 0.1) is 0 Å². The van der Waals surface area contributed by atoms with Crippen molar-refractivity contribution >= 4 is 0 Å². The third-order valence-corrected chi connectivity index (χ3v) is 6.09. The molecule has 0 bridgehead atoms. The minimum absolute atomic E-state index is 0.740. The first kappa shape index (κ1) is 27.9. The quantitative estimate of drug-likeness (QED) is 0.154. The van der Waals surface area contributed by atoms with Gasteiger partial charge in [-0.2, -0.15) is 0 Å². The lowest BCUT2D eigenvalue weighted by atomic mass is 9.96. The summed E-state index contributed by atoms with van der Waals surface area (Å²) in [6.07, 6.45) is -25.3. The molecule has 16 nitrogen and oxygen atoms in total. The molecule has 3 rings (SSSR count). The summed E-state index contributed by atoms with van der Waals surface area (Å²) in [6, 6.07) is 0. The second kappa shape index (κ2) is 11.6. The predicted octanol–water partition coefficient (Wildman–Crippen LogP) is -7.57. The predicted molar refractivity (Wildman–Crippen MR) is 101 cm³/mol. The van der Waals surface area contributed by atoms with Crippen LogP contribution in [0.25, 0.3) is 0 Å². The van der Waals surface area contributed by atoms with Crippen molar-refractivity contribution in [3.8, 4) is 0 Å². The van der Waals surface area contributed by atoms with E-state index in [4.69, 9.17) is 23.7 Å². The fraction of sp³-hybridized carbons (Fsp3) is 1.00. The van der Waals surface area contributed by atoms with Gasteiger partial charge in [0.2, 0.25) is 0 Å². The van der Waals surface area contributed by atoms with Crippen molar-refractivity contribution in [1.29, 1.82) is 0 Å². The Labute approximate surface area is 192 Å². The Morgan fingerprint density at radius 1 is 0.441 bits per heavy atom. The Hall–Kier alpha value is -0.640. The van der Waals surface area contributed by atoms with Crippen LogP contribution in [0.1, 0.15) is 0 Å². The van der Waals surface area contributed by atoms with Crippen LogP contribution in [0.2, 0.25) is 0 Å². The molecule has 34 heavy (non-hydrogen) atoms. The molecule has 0 unspecified atom stereocenters. The van der Waals surface area contributed by atoms with Gasteiger partial charge in [0.25, 0.3) is 0 Å². The molecule has 200 valence electrons. The topological polar surface area (TPSA) is 269 Å². The molecule has 3 heterocycles. The van der Waals surface area contributed by atoms with E-state index >= 15 is 0 Å². The van der Waals surface area contributed by atoms with Crippen LogP contribution in [0.5, 0.6) is 0 Å². The lowest BCUT2D eigenvalue weighted by Gasteiger charge is -2.47. The Morgan fingerprint density at radius 3 is 1.47 bits per heavy atom. The maximum absolute atomic E-state index is 10.6. The number of rotatable bonds is 7. The van der Waals surface area contributed by atoms with E-state index in [0.29, 0.717) is 0 Å². The summed E-state index contributed by atoms with van der Waals surface area (Å²) >= 11 is 0. The average Bonchev–Trinajstić information content (AvgIpc) is 2.83. The van der Waals surface area contributed by atoms with Crippen LogP contribution in [0.3, 0.4) is 0 Å². The van der Waals surface area contributed by atoms with E-state index in [1.807, 2.05) is 0 Å². The van der Waals surface area contributed by atoms with Gasteiger partial charge < -0.3 is 79.9 Å². The van der Waals surface area contributed by atoms with E-state index in [9.17, 15) is 56.2 Å². The molecule has 0 spiro atoms. The van der Waals surface area contributed by atoms with Gasteiger partial charge in [0.05, 0.1) is 19.8 Å². The molecule has 0 radical (unpaired) electrons. The molecule has 3 saturated heterocycles. The largest absolute Gasteiger partial charge is 0.394 e. The zero-order valence-electron chi connectivity index (χ0n) is 17.7. The molecule has 0 saturated carbocycles. The summed E-state index contributed by atoms with van der Waals surface area (Å²) in [7, 11) is 0. The van der Waals surface area contributed by atoms with E-state index in [1.165, 1.54) is 0 Å². The van der Waals surface area contributed by atoms with Gasteiger partial charge in [-0.1, -0.05) is 0 Å². The zero-order chi connectivity index (χ0) is 25.3. The fourth-order valence-electron chi connectivity index (χ4n) is 4.05. The summed E-state index contributed by atoms with van der Waals surface area (Å²) < 4.78 is 26.2. The van der Waals surface area contributed by atoms with Gasteiger partial charge in [0.15, 0.2) is 18.9 Å². The molecule has 15 atom stereocenters. The van der Waals surface area contributed by atoms with Gasteiger partial charge in [-0.15, -0.1) is 0 Å². The normalized spacial score (nSPS) is 52.5. The molecule has 3 fully saturated rings. The van der Waals surface area contributed by atoms with Crippen LogP contribution >= 0.6 is 0 Å². The number of aliphatic hydroxyl groups is 11. The third kappa shape index (κ3) is 5.37. The summed E-state index contributed by atoms with van der Waals surface area (Å²) in [5, 5.41) is 109. The van der Waals surface area contributed by atoms with E-state index in [1.54, 1.807) is 0 Å². The van der Waals surface area contributed by atoms with Crippen molar-refractivity contribution in [1.82, 2.24) is 0 Å². The summed E-state index contributed by atoms with van der Waals surface area (Å²) in [6.45, 7) is -2.31. The second-order valence-corrected chi connectivity index (χ2v) is 8.33. The molecule has 16 heteroatoms. The van der Waals surface area contributed by atoms with Gasteiger partial charge in [-0.05, 0) is 0 Å². The summed E-state index contributed by atoms with van der Waals surface area (Å²) in [5.41, 5.74) is 0. The monoisotopic (exact) mass is 504 g/mol. The van der Waals surface area contributed by atoms with E-state index in [0.717, 1.165) is 0 Å². The number of ether oxygens (including phenoxy) is 5. The molecule has 0 aromatic rings. The van der Waals surface area contributed by atoms with E-state index in [2.05, 4.69) is 0 Å². The van der Waals surface area contributed by atoms with Crippen LogP contribution < -0.4 is 0 Å². The lowest BCUT2D eigenvalue weighted by molar-refractivity contribution is -0.378. The zero-order valence-corrected chi connectivity index (χ0v) is 17.7. The van der Waals surface area contributed by atoms with Crippen molar-refractivity contribution in [3.05, 3.63) is 0 Å². The van der Waals surface area contributed by atoms with Gasteiger partial charge in [-0.25, -0.2) is 0 Å². The van der Waals surface area contributed by atoms with Gasteiger partial charge in [0, 0.05) is 0 Å². The highest BCUT2D eigenvalue weighted by Crippen LogP contribution is 2.32. The first-order chi connectivity index (χ1) is 16.0. The lowest BCUT2D eigenvalue weighted by Crippen LogP contribution is -2.66. The van der Waals surface area contributed by atoms with E-state index in [-0.39, 0.29) is 0 Å². The highest BCUT2D eigenvalue weighted by Gasteiger charge is 2.53. The smallest absolute Gasteiger partial charge is 0.187 e. The second-order valence-electron chi connectivity index (χ2n) is 8.33. The summed E-state index contributed by atoms with van der Waals surface area (Å²) in [4.78, 5) is 0. The van der Waals surface area contributed by atoms with Gasteiger partial charge >= 0.3 is 0 Å². The molecule has 0 amide bonds. The maximum atomic E-state index is 10.6.